The Hall–Kier alpha value is -2.83. The van der Waals surface area contributed by atoms with Crippen LogP contribution in [0.1, 0.15) is 57.9 Å². The molecule has 1 amide bonds. The first kappa shape index (κ1) is 29.2. The topological polar surface area (TPSA) is 43.3 Å². The van der Waals surface area contributed by atoms with E-state index in [-0.39, 0.29) is 17.4 Å². The zero-order valence-electron chi connectivity index (χ0n) is 22.9. The van der Waals surface area contributed by atoms with Crippen LogP contribution in [0, 0.1) is 5.41 Å². The van der Waals surface area contributed by atoms with Crippen LogP contribution in [0.15, 0.2) is 91.1 Å². The molecule has 4 aromatic rings. The maximum atomic E-state index is 12.1. The number of amides is 1. The molecule has 0 saturated heterocycles. The molecule has 0 spiro atoms. The van der Waals surface area contributed by atoms with E-state index in [0.717, 1.165) is 33.7 Å². The van der Waals surface area contributed by atoms with Crippen LogP contribution in [-0.4, -0.2) is 19.5 Å². The summed E-state index contributed by atoms with van der Waals surface area (Å²) in [5.74, 6) is 0.0332. The summed E-state index contributed by atoms with van der Waals surface area (Å²) in [6.45, 7) is 8.85. The van der Waals surface area contributed by atoms with Crippen LogP contribution >= 0.6 is 23.2 Å². The lowest BCUT2D eigenvalue weighted by Crippen LogP contribution is -2.47. The molecule has 3 aromatic carbocycles. The molecule has 4 nitrogen and oxygen atoms in total. The Kier molecular flexibility index (Phi) is 9.73. The molecule has 0 saturated carbocycles. The van der Waals surface area contributed by atoms with Crippen LogP contribution in [-0.2, 0) is 15.8 Å². The molecule has 4 rings (SSSR count). The number of aromatic nitrogens is 1. The highest BCUT2D eigenvalue weighted by Gasteiger charge is 2.36. The van der Waals surface area contributed by atoms with E-state index >= 15 is 0 Å². The second kappa shape index (κ2) is 13.0. The van der Waals surface area contributed by atoms with Gasteiger partial charge in [0.2, 0.25) is 5.91 Å². The van der Waals surface area contributed by atoms with Gasteiger partial charge in [-0.1, -0.05) is 112 Å². The normalized spacial score (nSPS) is 12.5. The van der Waals surface area contributed by atoms with Gasteiger partial charge in [-0.3, -0.25) is 4.79 Å². The molecule has 1 aromatic heterocycles. The van der Waals surface area contributed by atoms with E-state index in [9.17, 15) is 4.79 Å². The van der Waals surface area contributed by atoms with Crippen LogP contribution in [0.25, 0.3) is 5.69 Å². The van der Waals surface area contributed by atoms with Gasteiger partial charge in [0.15, 0.2) is 0 Å². The van der Waals surface area contributed by atoms with Crippen molar-refractivity contribution in [3.8, 4) is 5.69 Å². The second-order valence-electron chi connectivity index (χ2n) is 10.6. The van der Waals surface area contributed by atoms with E-state index in [1.54, 1.807) is 0 Å². The Balaban J connectivity index is 1.76. The van der Waals surface area contributed by atoms with Gasteiger partial charge in [-0.05, 0) is 46.5 Å². The average molecular weight is 579 g/mol. The zero-order chi connectivity index (χ0) is 28.0. The van der Waals surface area contributed by atoms with Gasteiger partial charge in [-0.2, -0.15) is 0 Å². The molecule has 7 heteroatoms. The Morgan fingerprint density at radius 2 is 1.54 bits per heavy atom. The minimum Gasteiger partial charge on any atom is -0.400 e. The van der Waals surface area contributed by atoms with Gasteiger partial charge in [0.25, 0.3) is 9.04 Å². The lowest BCUT2D eigenvalue weighted by molar-refractivity contribution is -0.121. The van der Waals surface area contributed by atoms with Gasteiger partial charge < -0.3 is 14.3 Å². The number of rotatable bonds is 10. The molecule has 0 fully saturated rings. The first-order valence-electron chi connectivity index (χ1n) is 13.3. The summed E-state index contributed by atoms with van der Waals surface area (Å²) in [5.41, 5.74) is 2.19. The van der Waals surface area contributed by atoms with Gasteiger partial charge in [0.05, 0.1) is 23.4 Å². The summed E-state index contributed by atoms with van der Waals surface area (Å²) in [7, 11) is -1.63. The molecule has 39 heavy (non-hydrogen) atoms. The van der Waals surface area contributed by atoms with Crippen LogP contribution in [0.4, 0.5) is 0 Å². The minimum atomic E-state index is -1.63. The maximum Gasteiger partial charge on any atom is 0.283 e. The van der Waals surface area contributed by atoms with Crippen molar-refractivity contribution in [1.29, 1.82) is 0 Å². The molecule has 1 unspecified atom stereocenters. The lowest BCUT2D eigenvalue weighted by Gasteiger charge is -2.36. The van der Waals surface area contributed by atoms with E-state index in [2.05, 4.69) is 50.4 Å². The standard InChI is InChI=1S/C32H35Cl2N2O2Si/c1-5-13-28(37)35-22-23-14-12-21-36(23)27-20-19-26(33)29(30(27)34)31(32(2,3)4)38-39(24-15-8-6-9-16-24)25-17-10-7-11-18-25/h6-12,14-21,31H,5,13,22H2,1-4H3,(H,35,37). The van der Waals surface area contributed by atoms with Crippen LogP contribution < -0.4 is 15.7 Å². The van der Waals surface area contributed by atoms with Crippen LogP contribution in [0.2, 0.25) is 10.0 Å². The molecule has 0 bridgehead atoms. The van der Waals surface area contributed by atoms with Crippen molar-refractivity contribution < 1.29 is 9.22 Å². The fourth-order valence-electron chi connectivity index (χ4n) is 4.55. The third-order valence-corrected chi connectivity index (χ3v) is 9.41. The largest absolute Gasteiger partial charge is 0.400 e. The van der Waals surface area contributed by atoms with Crippen molar-refractivity contribution in [3.63, 3.8) is 0 Å². The Labute approximate surface area is 243 Å². The molecular formula is C32H35Cl2N2O2Si. The monoisotopic (exact) mass is 577 g/mol. The summed E-state index contributed by atoms with van der Waals surface area (Å²) < 4.78 is 9.12. The van der Waals surface area contributed by atoms with Gasteiger partial charge in [-0.15, -0.1) is 0 Å². The van der Waals surface area contributed by atoms with Crippen LogP contribution in [0.3, 0.4) is 0 Å². The van der Waals surface area contributed by atoms with Crippen molar-refractivity contribution in [2.24, 2.45) is 5.41 Å². The van der Waals surface area contributed by atoms with Crippen molar-refractivity contribution >= 4 is 48.5 Å². The number of nitrogens with zero attached hydrogens (tertiary/aromatic N) is 1. The summed E-state index contributed by atoms with van der Waals surface area (Å²) in [4.78, 5) is 12.1. The smallest absolute Gasteiger partial charge is 0.283 e. The van der Waals surface area contributed by atoms with Crippen molar-refractivity contribution in [2.75, 3.05) is 0 Å². The van der Waals surface area contributed by atoms with E-state index in [1.807, 2.05) is 78.4 Å². The molecule has 1 radical (unpaired) electrons. The van der Waals surface area contributed by atoms with E-state index in [1.165, 1.54) is 0 Å². The van der Waals surface area contributed by atoms with Gasteiger partial charge in [0, 0.05) is 28.9 Å². The molecule has 203 valence electrons. The summed E-state index contributed by atoms with van der Waals surface area (Å²) >= 11 is 14.1. The van der Waals surface area contributed by atoms with E-state index in [4.69, 9.17) is 27.6 Å². The van der Waals surface area contributed by atoms with Crippen molar-refractivity contribution in [1.82, 2.24) is 9.88 Å². The third-order valence-electron chi connectivity index (χ3n) is 6.50. The van der Waals surface area contributed by atoms with E-state index in [0.29, 0.717) is 23.0 Å². The highest BCUT2D eigenvalue weighted by Crippen LogP contribution is 2.45. The first-order chi connectivity index (χ1) is 18.7. The fraction of sp³-hybridized carbons (Fsp3) is 0.281. The van der Waals surface area contributed by atoms with Crippen molar-refractivity contribution in [3.05, 3.63) is 112 Å². The first-order valence-corrected chi connectivity index (χ1v) is 15.4. The molecule has 0 aliphatic rings. The summed E-state index contributed by atoms with van der Waals surface area (Å²) in [5, 5.41) is 6.42. The molecule has 1 N–H and O–H groups in total. The number of hydrogen-bond acceptors (Lipinski definition) is 2. The minimum absolute atomic E-state index is 0.0332. The van der Waals surface area contributed by atoms with Crippen molar-refractivity contribution in [2.45, 2.75) is 53.2 Å². The van der Waals surface area contributed by atoms with Gasteiger partial charge in [0.1, 0.15) is 0 Å². The number of carbonyl (C=O) groups is 1. The predicted octanol–water partition coefficient (Wildman–Crippen LogP) is 7.11. The zero-order valence-corrected chi connectivity index (χ0v) is 25.4. The van der Waals surface area contributed by atoms with Crippen LogP contribution in [0.5, 0.6) is 0 Å². The lowest BCUT2D eigenvalue weighted by atomic mass is 9.84. The Bertz CT molecular complexity index is 1350. The number of halogens is 2. The highest BCUT2D eigenvalue weighted by molar-refractivity contribution is 6.80. The number of carbonyl (C=O) groups excluding carboxylic acids is 1. The molecule has 0 aliphatic carbocycles. The number of benzene rings is 3. The fourth-order valence-corrected chi connectivity index (χ4v) is 7.52. The van der Waals surface area contributed by atoms with E-state index < -0.39 is 9.04 Å². The quantitative estimate of drug-likeness (QED) is 0.204. The Morgan fingerprint density at radius 1 is 0.923 bits per heavy atom. The van der Waals surface area contributed by atoms with Gasteiger partial charge in [-0.25, -0.2) is 0 Å². The highest BCUT2D eigenvalue weighted by atomic mass is 35.5. The molecule has 1 atom stereocenters. The molecular weight excluding hydrogens is 543 g/mol. The number of hydrogen-bond donors (Lipinski definition) is 1. The average Bonchev–Trinajstić information content (AvgIpc) is 3.38. The number of nitrogens with one attached hydrogen (secondary N) is 1. The second-order valence-corrected chi connectivity index (χ2v) is 13.4. The summed E-state index contributed by atoms with van der Waals surface area (Å²) in [6.07, 6.45) is 2.89. The van der Waals surface area contributed by atoms with Gasteiger partial charge >= 0.3 is 0 Å². The third kappa shape index (κ3) is 7.03. The molecule has 0 aliphatic heterocycles. The molecule has 1 heterocycles. The Morgan fingerprint density at radius 3 is 2.10 bits per heavy atom. The SMILES string of the molecule is CCCC(=O)NCc1cccn1-c1ccc(Cl)c(C(O[Si](c2ccccc2)c2ccccc2)C(C)(C)C)c1Cl. The maximum absolute atomic E-state index is 12.1. The summed E-state index contributed by atoms with van der Waals surface area (Å²) in [6, 6.07) is 28.5. The predicted molar refractivity (Wildman–Crippen MR) is 164 cm³/mol.